The Morgan fingerprint density at radius 2 is 1.49 bits per heavy atom. The zero-order valence-electron chi connectivity index (χ0n) is 22.2. The van der Waals surface area contributed by atoms with Crippen molar-refractivity contribution in [2.45, 2.75) is 50.7 Å². The van der Waals surface area contributed by atoms with Gasteiger partial charge in [-0.05, 0) is 61.1 Å². The summed E-state index contributed by atoms with van der Waals surface area (Å²) in [5.41, 5.74) is 5.22. The second-order valence-electron chi connectivity index (χ2n) is 10.9. The molecule has 2 unspecified atom stereocenters. The molecule has 2 amide bonds. The van der Waals surface area contributed by atoms with Crippen LogP contribution in [0.5, 0.6) is 0 Å². The summed E-state index contributed by atoms with van der Waals surface area (Å²) in [6, 6.07) is 22.2. The number of hydrogen-bond donors (Lipinski definition) is 2. The standard InChI is InChI=1S/C31H32N2O6/c1-31(2,3)39-30(37)33-17-19(20-10-8-9-15-27(20)33)16-26(28(34)35)32-29(36)38-18-25-23-13-6-4-11-21(23)22-12-5-7-14-24(22)25/h4-15,19,25-26H,16-18H2,1-3H3,(H,32,36)(H,34,35). The summed E-state index contributed by atoms with van der Waals surface area (Å²) in [6.07, 6.45) is -1.19. The van der Waals surface area contributed by atoms with Gasteiger partial charge in [0.25, 0.3) is 0 Å². The van der Waals surface area contributed by atoms with E-state index in [2.05, 4.69) is 17.4 Å². The smallest absolute Gasteiger partial charge is 0.414 e. The van der Waals surface area contributed by atoms with Crippen LogP contribution in [0.4, 0.5) is 15.3 Å². The van der Waals surface area contributed by atoms with Gasteiger partial charge in [-0.3, -0.25) is 4.90 Å². The van der Waals surface area contributed by atoms with E-state index in [1.165, 1.54) is 4.90 Å². The maximum atomic E-state index is 12.9. The van der Waals surface area contributed by atoms with Crippen molar-refractivity contribution in [1.82, 2.24) is 5.32 Å². The highest BCUT2D eigenvalue weighted by Crippen LogP contribution is 2.44. The maximum Gasteiger partial charge on any atom is 0.414 e. The van der Waals surface area contributed by atoms with Crippen molar-refractivity contribution < 1.29 is 29.0 Å². The summed E-state index contributed by atoms with van der Waals surface area (Å²) in [6.45, 7) is 5.73. The lowest BCUT2D eigenvalue weighted by atomic mass is 9.94. The molecule has 0 fully saturated rings. The minimum absolute atomic E-state index is 0.0882. The molecule has 0 radical (unpaired) electrons. The number of carbonyl (C=O) groups excluding carboxylic acids is 2. The van der Waals surface area contributed by atoms with E-state index in [1.54, 1.807) is 20.8 Å². The van der Waals surface area contributed by atoms with Crippen LogP contribution in [-0.4, -0.2) is 48.1 Å². The predicted molar refractivity (Wildman–Crippen MR) is 147 cm³/mol. The molecule has 1 heterocycles. The van der Waals surface area contributed by atoms with Gasteiger partial charge in [0.2, 0.25) is 0 Å². The van der Waals surface area contributed by atoms with Gasteiger partial charge < -0.3 is 19.9 Å². The monoisotopic (exact) mass is 528 g/mol. The van der Waals surface area contributed by atoms with Crippen LogP contribution < -0.4 is 10.2 Å². The van der Waals surface area contributed by atoms with E-state index in [-0.39, 0.29) is 31.4 Å². The van der Waals surface area contributed by atoms with Crippen LogP contribution in [-0.2, 0) is 14.3 Å². The predicted octanol–water partition coefficient (Wildman–Crippen LogP) is 5.91. The van der Waals surface area contributed by atoms with Gasteiger partial charge in [-0.1, -0.05) is 66.7 Å². The average molecular weight is 529 g/mol. The van der Waals surface area contributed by atoms with Crippen LogP contribution in [0, 0.1) is 0 Å². The van der Waals surface area contributed by atoms with Crippen molar-refractivity contribution in [2.75, 3.05) is 18.1 Å². The molecule has 0 saturated heterocycles. The van der Waals surface area contributed by atoms with Crippen molar-refractivity contribution in [3.8, 4) is 11.1 Å². The number of carboxylic acids is 1. The fraction of sp³-hybridized carbons (Fsp3) is 0.323. The van der Waals surface area contributed by atoms with E-state index >= 15 is 0 Å². The molecule has 2 aliphatic rings. The van der Waals surface area contributed by atoms with Gasteiger partial charge in [0.15, 0.2) is 0 Å². The van der Waals surface area contributed by atoms with Gasteiger partial charge in [-0.15, -0.1) is 0 Å². The Kier molecular flexibility index (Phi) is 7.04. The van der Waals surface area contributed by atoms with E-state index in [0.29, 0.717) is 5.69 Å². The Bertz CT molecular complexity index is 1370. The molecule has 0 aromatic heterocycles. The lowest BCUT2D eigenvalue weighted by Crippen LogP contribution is -2.43. The molecule has 39 heavy (non-hydrogen) atoms. The Morgan fingerprint density at radius 1 is 0.923 bits per heavy atom. The van der Waals surface area contributed by atoms with Crippen molar-refractivity contribution in [2.24, 2.45) is 0 Å². The lowest BCUT2D eigenvalue weighted by Gasteiger charge is -2.25. The quantitative estimate of drug-likeness (QED) is 0.412. The SMILES string of the molecule is CC(C)(C)OC(=O)N1CC(CC(NC(=O)OCC2c3ccccc3-c3ccccc32)C(=O)O)c2ccccc21. The number of benzene rings is 3. The number of fused-ring (bicyclic) bond motifs is 4. The summed E-state index contributed by atoms with van der Waals surface area (Å²) in [5.74, 6) is -1.60. The molecule has 0 bridgehead atoms. The lowest BCUT2D eigenvalue weighted by molar-refractivity contribution is -0.139. The summed E-state index contributed by atoms with van der Waals surface area (Å²) >= 11 is 0. The molecule has 3 aromatic carbocycles. The highest BCUT2D eigenvalue weighted by Gasteiger charge is 2.37. The number of ether oxygens (including phenoxy) is 2. The van der Waals surface area contributed by atoms with Crippen LogP contribution >= 0.6 is 0 Å². The molecular weight excluding hydrogens is 496 g/mol. The number of alkyl carbamates (subject to hydrolysis) is 1. The van der Waals surface area contributed by atoms with Crippen LogP contribution in [0.3, 0.4) is 0 Å². The zero-order valence-corrected chi connectivity index (χ0v) is 22.2. The minimum atomic E-state index is -1.20. The topological polar surface area (TPSA) is 105 Å². The number of para-hydroxylation sites is 1. The average Bonchev–Trinajstić information content (AvgIpc) is 3.42. The Hall–Kier alpha value is -4.33. The minimum Gasteiger partial charge on any atom is -0.480 e. The number of carboxylic acid groups (broad SMARTS) is 1. The Morgan fingerprint density at radius 3 is 2.08 bits per heavy atom. The van der Waals surface area contributed by atoms with Crippen LogP contribution in [0.1, 0.15) is 55.7 Å². The van der Waals surface area contributed by atoms with Gasteiger partial charge in [-0.25, -0.2) is 14.4 Å². The molecule has 202 valence electrons. The number of carbonyl (C=O) groups is 3. The van der Waals surface area contributed by atoms with Gasteiger partial charge in [0, 0.05) is 18.4 Å². The number of amides is 2. The third-order valence-corrected chi connectivity index (χ3v) is 7.14. The normalized spacial score (nSPS) is 16.6. The number of nitrogens with one attached hydrogen (secondary N) is 1. The van der Waals surface area contributed by atoms with Gasteiger partial charge in [0.1, 0.15) is 18.2 Å². The number of hydrogen-bond acceptors (Lipinski definition) is 5. The molecule has 1 aliphatic heterocycles. The number of nitrogens with zero attached hydrogens (tertiary/aromatic N) is 1. The van der Waals surface area contributed by atoms with Crippen molar-refractivity contribution in [3.05, 3.63) is 89.5 Å². The van der Waals surface area contributed by atoms with Crippen LogP contribution in [0.25, 0.3) is 11.1 Å². The number of aliphatic carboxylic acids is 1. The number of rotatable bonds is 6. The first-order chi connectivity index (χ1) is 18.6. The van der Waals surface area contributed by atoms with E-state index < -0.39 is 29.8 Å². The summed E-state index contributed by atoms with van der Waals surface area (Å²) in [5, 5.41) is 12.5. The number of anilines is 1. The summed E-state index contributed by atoms with van der Waals surface area (Å²) < 4.78 is 11.1. The first-order valence-electron chi connectivity index (χ1n) is 13.1. The Balaban J connectivity index is 1.26. The van der Waals surface area contributed by atoms with Crippen molar-refractivity contribution in [1.29, 1.82) is 0 Å². The van der Waals surface area contributed by atoms with E-state index in [0.717, 1.165) is 27.8 Å². The fourth-order valence-corrected chi connectivity index (χ4v) is 5.48. The summed E-state index contributed by atoms with van der Waals surface area (Å²) in [4.78, 5) is 39.3. The molecule has 1 aliphatic carbocycles. The second-order valence-corrected chi connectivity index (χ2v) is 10.9. The molecular formula is C31H32N2O6. The zero-order chi connectivity index (χ0) is 27.7. The maximum absolute atomic E-state index is 12.9. The first-order valence-corrected chi connectivity index (χ1v) is 13.1. The molecule has 2 atom stereocenters. The molecule has 5 rings (SSSR count). The van der Waals surface area contributed by atoms with Gasteiger partial charge in [0.05, 0.1) is 5.69 Å². The third kappa shape index (κ3) is 5.46. The second kappa shape index (κ2) is 10.4. The molecule has 0 saturated carbocycles. The molecule has 0 spiro atoms. The van der Waals surface area contributed by atoms with Gasteiger partial charge >= 0.3 is 18.2 Å². The van der Waals surface area contributed by atoms with E-state index in [9.17, 15) is 19.5 Å². The summed E-state index contributed by atoms with van der Waals surface area (Å²) in [7, 11) is 0. The van der Waals surface area contributed by atoms with Crippen molar-refractivity contribution in [3.63, 3.8) is 0 Å². The van der Waals surface area contributed by atoms with Crippen molar-refractivity contribution >= 4 is 23.8 Å². The Labute approximate surface area is 227 Å². The van der Waals surface area contributed by atoms with E-state index in [4.69, 9.17) is 9.47 Å². The van der Waals surface area contributed by atoms with Crippen LogP contribution in [0.15, 0.2) is 72.8 Å². The first kappa shape index (κ1) is 26.3. The largest absolute Gasteiger partial charge is 0.480 e. The molecule has 2 N–H and O–H groups in total. The highest BCUT2D eigenvalue weighted by atomic mass is 16.6. The highest BCUT2D eigenvalue weighted by molar-refractivity contribution is 5.91. The van der Waals surface area contributed by atoms with Gasteiger partial charge in [-0.2, -0.15) is 0 Å². The molecule has 8 nitrogen and oxygen atoms in total. The fourth-order valence-electron chi connectivity index (χ4n) is 5.48. The van der Waals surface area contributed by atoms with E-state index in [1.807, 2.05) is 60.7 Å². The molecule has 8 heteroatoms. The third-order valence-electron chi connectivity index (χ3n) is 7.14. The van der Waals surface area contributed by atoms with Crippen LogP contribution in [0.2, 0.25) is 0 Å². The molecule has 3 aromatic rings.